The molecule has 1 aromatic heterocycles. The van der Waals surface area contributed by atoms with Gasteiger partial charge in [0, 0.05) is 32.4 Å². The summed E-state index contributed by atoms with van der Waals surface area (Å²) >= 11 is 0. The summed E-state index contributed by atoms with van der Waals surface area (Å²) in [6.07, 6.45) is 5.96. The molecular formula is C17H31N3O. The van der Waals surface area contributed by atoms with Gasteiger partial charge in [-0.2, -0.15) is 0 Å². The lowest BCUT2D eigenvalue weighted by Gasteiger charge is -2.26. The van der Waals surface area contributed by atoms with Crippen LogP contribution in [-0.2, 0) is 4.74 Å². The molecule has 0 saturated carbocycles. The minimum Gasteiger partial charge on any atom is -0.379 e. The molecule has 0 aromatic carbocycles. The highest BCUT2D eigenvalue weighted by molar-refractivity contribution is 5.34. The third-order valence-electron chi connectivity index (χ3n) is 3.46. The molecule has 0 amide bonds. The molecule has 1 aliphatic rings. The summed E-state index contributed by atoms with van der Waals surface area (Å²) in [6, 6.07) is 4.10. The van der Waals surface area contributed by atoms with E-state index in [9.17, 15) is 0 Å². The second kappa shape index (κ2) is 11.5. The summed E-state index contributed by atoms with van der Waals surface area (Å²) in [5, 5.41) is 3.33. The van der Waals surface area contributed by atoms with Gasteiger partial charge in [-0.05, 0) is 18.6 Å². The van der Waals surface area contributed by atoms with Crippen LogP contribution in [0.5, 0.6) is 0 Å². The standard InChI is InChI=1S/C12H19N3O.C5H12/c1-11-2-3-12(14-10-11)13-4-5-15-6-8-16-9-7-15;1-3-5-4-2/h2-3,10H,4-9H2,1H3,(H,13,14);3-5H2,1-2H3. The second-order valence-electron chi connectivity index (χ2n) is 5.46. The number of hydrogen-bond donors (Lipinski definition) is 1. The Morgan fingerprint density at radius 2 is 1.90 bits per heavy atom. The third-order valence-corrected chi connectivity index (χ3v) is 3.46. The van der Waals surface area contributed by atoms with E-state index in [1.165, 1.54) is 24.8 Å². The van der Waals surface area contributed by atoms with Crippen LogP contribution >= 0.6 is 0 Å². The first-order valence-corrected chi connectivity index (χ1v) is 8.22. The minimum atomic E-state index is 0.864. The van der Waals surface area contributed by atoms with Crippen LogP contribution in [-0.4, -0.2) is 49.3 Å². The Hall–Kier alpha value is -1.13. The molecule has 1 aliphatic heterocycles. The first-order valence-electron chi connectivity index (χ1n) is 8.22. The Morgan fingerprint density at radius 3 is 2.43 bits per heavy atom. The van der Waals surface area contributed by atoms with Crippen LogP contribution in [0.3, 0.4) is 0 Å². The lowest BCUT2D eigenvalue weighted by atomic mass is 10.3. The fourth-order valence-corrected chi connectivity index (χ4v) is 2.09. The molecule has 0 atom stereocenters. The van der Waals surface area contributed by atoms with Crippen molar-refractivity contribution in [2.75, 3.05) is 44.7 Å². The fraction of sp³-hybridized carbons (Fsp3) is 0.706. The van der Waals surface area contributed by atoms with E-state index in [1.54, 1.807) is 0 Å². The Kier molecular flexibility index (Phi) is 9.83. The van der Waals surface area contributed by atoms with Gasteiger partial charge in [-0.25, -0.2) is 4.98 Å². The molecule has 1 aromatic rings. The number of nitrogens with one attached hydrogen (secondary N) is 1. The topological polar surface area (TPSA) is 37.4 Å². The summed E-state index contributed by atoms with van der Waals surface area (Å²) in [5.41, 5.74) is 1.19. The molecule has 0 aliphatic carbocycles. The fourth-order valence-electron chi connectivity index (χ4n) is 2.09. The molecule has 0 spiro atoms. The van der Waals surface area contributed by atoms with Gasteiger partial charge in [0.2, 0.25) is 0 Å². The highest BCUT2D eigenvalue weighted by Crippen LogP contribution is 2.03. The Balaban J connectivity index is 0.000000383. The Morgan fingerprint density at radius 1 is 1.19 bits per heavy atom. The van der Waals surface area contributed by atoms with Crippen molar-refractivity contribution >= 4 is 5.82 Å². The van der Waals surface area contributed by atoms with E-state index in [0.29, 0.717) is 0 Å². The number of rotatable bonds is 6. The molecular weight excluding hydrogens is 262 g/mol. The largest absolute Gasteiger partial charge is 0.379 e. The van der Waals surface area contributed by atoms with E-state index < -0.39 is 0 Å². The van der Waals surface area contributed by atoms with Crippen LogP contribution in [0.4, 0.5) is 5.82 Å². The predicted octanol–water partition coefficient (Wildman–Crippen LogP) is 3.33. The van der Waals surface area contributed by atoms with Gasteiger partial charge in [0.05, 0.1) is 13.2 Å². The normalized spacial score (nSPS) is 15.2. The average molecular weight is 293 g/mol. The summed E-state index contributed by atoms with van der Waals surface area (Å²) in [5.74, 6) is 0.957. The number of aromatic nitrogens is 1. The zero-order valence-corrected chi connectivity index (χ0v) is 13.9. The molecule has 0 unspecified atom stereocenters. The van der Waals surface area contributed by atoms with Gasteiger partial charge in [0.1, 0.15) is 5.82 Å². The number of pyridine rings is 1. The quantitative estimate of drug-likeness (QED) is 0.873. The number of unbranched alkanes of at least 4 members (excludes halogenated alkanes) is 2. The van der Waals surface area contributed by atoms with Crippen molar-refractivity contribution in [3.8, 4) is 0 Å². The maximum Gasteiger partial charge on any atom is 0.125 e. The average Bonchev–Trinajstić information content (AvgIpc) is 2.52. The van der Waals surface area contributed by atoms with Crippen LogP contribution in [0.15, 0.2) is 18.3 Å². The van der Waals surface area contributed by atoms with Crippen LogP contribution in [0.1, 0.15) is 38.7 Å². The van der Waals surface area contributed by atoms with Crippen molar-refractivity contribution in [1.29, 1.82) is 0 Å². The number of ether oxygens (including phenoxy) is 1. The van der Waals surface area contributed by atoms with Crippen molar-refractivity contribution in [2.24, 2.45) is 0 Å². The summed E-state index contributed by atoms with van der Waals surface area (Å²) in [6.45, 7) is 12.3. The third kappa shape index (κ3) is 8.68. The molecule has 0 radical (unpaired) electrons. The molecule has 4 heteroatoms. The lowest BCUT2D eigenvalue weighted by Crippen LogP contribution is -2.39. The van der Waals surface area contributed by atoms with Gasteiger partial charge in [0.15, 0.2) is 0 Å². The van der Waals surface area contributed by atoms with Crippen molar-refractivity contribution in [2.45, 2.75) is 40.0 Å². The van der Waals surface area contributed by atoms with Gasteiger partial charge >= 0.3 is 0 Å². The summed E-state index contributed by atoms with van der Waals surface area (Å²) in [4.78, 5) is 6.71. The molecule has 1 saturated heterocycles. The monoisotopic (exact) mass is 293 g/mol. The maximum atomic E-state index is 5.30. The first kappa shape index (κ1) is 17.9. The predicted molar refractivity (Wildman–Crippen MR) is 89.9 cm³/mol. The molecule has 1 N–H and O–H groups in total. The van der Waals surface area contributed by atoms with E-state index in [2.05, 4.69) is 35.1 Å². The lowest BCUT2D eigenvalue weighted by molar-refractivity contribution is 0.0398. The molecule has 21 heavy (non-hydrogen) atoms. The number of aryl methyl sites for hydroxylation is 1. The molecule has 2 heterocycles. The molecule has 4 nitrogen and oxygen atoms in total. The van der Waals surface area contributed by atoms with Crippen molar-refractivity contribution in [3.63, 3.8) is 0 Å². The molecule has 2 rings (SSSR count). The van der Waals surface area contributed by atoms with E-state index in [0.717, 1.165) is 45.2 Å². The summed E-state index contributed by atoms with van der Waals surface area (Å²) < 4.78 is 5.30. The van der Waals surface area contributed by atoms with Crippen molar-refractivity contribution < 1.29 is 4.74 Å². The van der Waals surface area contributed by atoms with Crippen LogP contribution in [0, 0.1) is 6.92 Å². The number of nitrogens with zero attached hydrogens (tertiary/aromatic N) is 2. The maximum absolute atomic E-state index is 5.30. The van der Waals surface area contributed by atoms with Crippen LogP contribution in [0.2, 0.25) is 0 Å². The summed E-state index contributed by atoms with van der Waals surface area (Å²) in [7, 11) is 0. The van der Waals surface area contributed by atoms with Crippen molar-refractivity contribution in [1.82, 2.24) is 9.88 Å². The first-order chi connectivity index (χ1) is 10.3. The van der Waals surface area contributed by atoms with Gasteiger partial charge in [-0.15, -0.1) is 0 Å². The van der Waals surface area contributed by atoms with Gasteiger partial charge in [-0.1, -0.05) is 39.2 Å². The van der Waals surface area contributed by atoms with Gasteiger partial charge in [-0.3, -0.25) is 4.90 Å². The zero-order valence-electron chi connectivity index (χ0n) is 13.9. The number of morpholine rings is 1. The number of anilines is 1. The highest BCUT2D eigenvalue weighted by atomic mass is 16.5. The van der Waals surface area contributed by atoms with E-state index in [-0.39, 0.29) is 0 Å². The van der Waals surface area contributed by atoms with E-state index in [4.69, 9.17) is 4.74 Å². The molecule has 120 valence electrons. The van der Waals surface area contributed by atoms with E-state index in [1.807, 2.05) is 19.2 Å². The Bertz CT molecular complexity index is 346. The van der Waals surface area contributed by atoms with E-state index >= 15 is 0 Å². The molecule has 1 fully saturated rings. The number of hydrogen-bond acceptors (Lipinski definition) is 4. The van der Waals surface area contributed by atoms with Gasteiger partial charge in [0.25, 0.3) is 0 Å². The zero-order chi connectivity index (χ0) is 15.3. The second-order valence-corrected chi connectivity index (χ2v) is 5.46. The molecule has 0 bridgehead atoms. The minimum absolute atomic E-state index is 0.864. The highest BCUT2D eigenvalue weighted by Gasteiger charge is 2.08. The smallest absolute Gasteiger partial charge is 0.125 e. The van der Waals surface area contributed by atoms with Crippen LogP contribution in [0.25, 0.3) is 0 Å². The van der Waals surface area contributed by atoms with Gasteiger partial charge < -0.3 is 10.1 Å². The Labute approximate surface area is 129 Å². The van der Waals surface area contributed by atoms with Crippen LogP contribution < -0.4 is 5.32 Å². The van der Waals surface area contributed by atoms with Crippen molar-refractivity contribution in [3.05, 3.63) is 23.9 Å². The SMILES string of the molecule is CCCCC.Cc1ccc(NCCN2CCOCC2)nc1.